The zero-order valence-electron chi connectivity index (χ0n) is 17.9. The van der Waals surface area contributed by atoms with Crippen molar-refractivity contribution in [2.24, 2.45) is 17.8 Å². The van der Waals surface area contributed by atoms with E-state index in [1.165, 1.54) is 24.5 Å². The van der Waals surface area contributed by atoms with E-state index in [4.69, 9.17) is 21.1 Å². The second-order valence-corrected chi connectivity index (χ2v) is 9.28. The van der Waals surface area contributed by atoms with E-state index in [2.05, 4.69) is 36.5 Å². The third kappa shape index (κ3) is 4.87. The molecule has 0 spiro atoms. The summed E-state index contributed by atoms with van der Waals surface area (Å²) in [6.45, 7) is 2.12. The molecule has 2 aromatic carbocycles. The first kappa shape index (κ1) is 23.0. The zero-order valence-corrected chi connectivity index (χ0v) is 20.3. The summed E-state index contributed by atoms with van der Waals surface area (Å²) in [7, 11) is 0. The molecular formula is C24H21BrClFN4O3. The molecule has 1 aliphatic carbocycles. The summed E-state index contributed by atoms with van der Waals surface area (Å²) in [6.07, 6.45) is 4.59. The fraction of sp³-hybridized carbons (Fsp3) is 0.292. The third-order valence-corrected chi connectivity index (χ3v) is 6.76. The van der Waals surface area contributed by atoms with E-state index >= 15 is 0 Å². The van der Waals surface area contributed by atoms with Gasteiger partial charge in [-0.2, -0.15) is 0 Å². The molecule has 0 unspecified atom stereocenters. The number of benzene rings is 2. The van der Waals surface area contributed by atoms with Gasteiger partial charge >= 0.3 is 0 Å². The number of alkyl halides is 1. The number of halogens is 3. The van der Waals surface area contributed by atoms with Crippen LogP contribution in [0.4, 0.5) is 21.6 Å². The summed E-state index contributed by atoms with van der Waals surface area (Å²) >= 11 is 9.19. The van der Waals surface area contributed by atoms with Gasteiger partial charge in [-0.3, -0.25) is 4.79 Å². The van der Waals surface area contributed by atoms with Crippen LogP contribution in [0.3, 0.4) is 0 Å². The topological polar surface area (TPSA) is 85.4 Å². The highest BCUT2D eigenvalue weighted by atomic mass is 79.9. The van der Waals surface area contributed by atoms with Gasteiger partial charge in [-0.15, -0.1) is 0 Å². The standard InChI is InChI=1S/C24H21BrClFN4O3/c25-5-1-2-23(32)31-21-7-14-20(8-22(21)34-11-17-15-9-33-10-16(15)17)28-12-29-24(14)30-13-3-4-19(27)18(26)6-13/h1-4,6-8,12,15-17H,5,9-11H2,(H,31,32)(H,28,29,30)/b2-1+/t15-,16+,17+. The summed E-state index contributed by atoms with van der Waals surface area (Å²) in [4.78, 5) is 21.1. The van der Waals surface area contributed by atoms with Crippen LogP contribution in [0.15, 0.2) is 48.8 Å². The van der Waals surface area contributed by atoms with Gasteiger partial charge < -0.3 is 20.1 Å². The Morgan fingerprint density at radius 1 is 1.26 bits per heavy atom. The Bertz CT molecular complexity index is 1260. The number of carbonyl (C=O) groups is 1. The zero-order chi connectivity index (χ0) is 23.7. The van der Waals surface area contributed by atoms with Crippen LogP contribution in [0, 0.1) is 23.6 Å². The Morgan fingerprint density at radius 3 is 2.85 bits per heavy atom. The molecule has 34 heavy (non-hydrogen) atoms. The first-order valence-electron chi connectivity index (χ1n) is 10.8. The minimum Gasteiger partial charge on any atom is -0.491 e. The maximum atomic E-state index is 13.6. The lowest BCUT2D eigenvalue weighted by Crippen LogP contribution is -2.12. The summed E-state index contributed by atoms with van der Waals surface area (Å²) in [5, 5.41) is 7.26. The lowest BCUT2D eigenvalue weighted by Gasteiger charge is -2.15. The predicted octanol–water partition coefficient (Wildman–Crippen LogP) is 5.33. The maximum Gasteiger partial charge on any atom is 0.248 e. The quantitative estimate of drug-likeness (QED) is 0.293. The van der Waals surface area contributed by atoms with Gasteiger partial charge in [-0.1, -0.05) is 33.6 Å². The van der Waals surface area contributed by atoms with Gasteiger partial charge in [0.1, 0.15) is 23.7 Å². The van der Waals surface area contributed by atoms with E-state index in [0.29, 0.717) is 63.5 Å². The van der Waals surface area contributed by atoms with E-state index in [-0.39, 0.29) is 10.9 Å². The van der Waals surface area contributed by atoms with Gasteiger partial charge in [0.25, 0.3) is 0 Å². The smallest absolute Gasteiger partial charge is 0.248 e. The van der Waals surface area contributed by atoms with Crippen molar-refractivity contribution in [3.63, 3.8) is 0 Å². The molecule has 1 aliphatic heterocycles. The molecule has 2 N–H and O–H groups in total. The van der Waals surface area contributed by atoms with Crippen molar-refractivity contribution in [1.82, 2.24) is 9.97 Å². The summed E-state index contributed by atoms with van der Waals surface area (Å²) in [6, 6.07) is 7.89. The molecule has 5 rings (SSSR count). The van der Waals surface area contributed by atoms with E-state index in [1.54, 1.807) is 24.3 Å². The molecule has 0 bridgehead atoms. The van der Waals surface area contributed by atoms with Crippen LogP contribution < -0.4 is 15.4 Å². The molecule has 1 amide bonds. The van der Waals surface area contributed by atoms with Crippen LogP contribution in [0.25, 0.3) is 10.9 Å². The van der Waals surface area contributed by atoms with Crippen LogP contribution in [0.5, 0.6) is 5.75 Å². The number of fused-ring (bicyclic) bond motifs is 2. The number of ether oxygens (including phenoxy) is 2. The second kappa shape index (κ2) is 9.85. The first-order valence-corrected chi connectivity index (χ1v) is 12.3. The van der Waals surface area contributed by atoms with Gasteiger partial charge in [0.05, 0.1) is 36.0 Å². The number of aromatic nitrogens is 2. The average Bonchev–Trinajstić information content (AvgIpc) is 3.24. The lowest BCUT2D eigenvalue weighted by atomic mass is 10.1. The Kier molecular flexibility index (Phi) is 6.67. The van der Waals surface area contributed by atoms with Crippen molar-refractivity contribution in [2.45, 2.75) is 0 Å². The van der Waals surface area contributed by atoms with Crippen LogP contribution in [0.2, 0.25) is 5.02 Å². The van der Waals surface area contributed by atoms with Crippen molar-refractivity contribution >= 4 is 61.5 Å². The fourth-order valence-corrected chi connectivity index (χ4v) is 4.60. The monoisotopic (exact) mass is 546 g/mol. The first-order chi connectivity index (χ1) is 16.5. The molecular weight excluding hydrogens is 527 g/mol. The van der Waals surface area contributed by atoms with Crippen molar-refractivity contribution < 1.29 is 18.7 Å². The average molecular weight is 548 g/mol. The largest absolute Gasteiger partial charge is 0.491 e. The number of hydrogen-bond donors (Lipinski definition) is 2. The van der Waals surface area contributed by atoms with Gasteiger partial charge in [-0.25, -0.2) is 14.4 Å². The van der Waals surface area contributed by atoms with Crippen molar-refractivity contribution in [2.75, 3.05) is 35.8 Å². The molecule has 2 aliphatic rings. The Labute approximate surface area is 208 Å². The molecule has 3 aromatic rings. The minimum atomic E-state index is -0.505. The Hall–Kier alpha value is -2.75. The SMILES string of the molecule is O=C(/C=C/CBr)Nc1cc2c(Nc3ccc(F)c(Cl)c3)ncnc2cc1OC[C@H]1[C@@H]2COC[C@@H]21. The number of carbonyl (C=O) groups excluding carboxylic acids is 1. The van der Waals surface area contributed by atoms with Crippen LogP contribution in [0.1, 0.15) is 0 Å². The summed E-state index contributed by atoms with van der Waals surface area (Å²) in [5.41, 5.74) is 1.71. The van der Waals surface area contributed by atoms with Crippen molar-refractivity contribution in [3.05, 3.63) is 59.7 Å². The lowest BCUT2D eigenvalue weighted by molar-refractivity contribution is -0.111. The molecule has 1 saturated heterocycles. The highest BCUT2D eigenvalue weighted by Crippen LogP contribution is 2.51. The molecule has 7 nitrogen and oxygen atoms in total. The highest BCUT2D eigenvalue weighted by Gasteiger charge is 2.54. The Balaban J connectivity index is 1.46. The van der Waals surface area contributed by atoms with Gasteiger partial charge in [0.15, 0.2) is 0 Å². The van der Waals surface area contributed by atoms with Crippen LogP contribution >= 0.6 is 27.5 Å². The number of nitrogens with one attached hydrogen (secondary N) is 2. The molecule has 1 aromatic heterocycles. The number of anilines is 3. The van der Waals surface area contributed by atoms with E-state index in [1.807, 2.05) is 0 Å². The maximum absolute atomic E-state index is 13.6. The molecule has 2 heterocycles. The van der Waals surface area contributed by atoms with Gasteiger partial charge in [0.2, 0.25) is 5.91 Å². The molecule has 0 radical (unpaired) electrons. The van der Waals surface area contributed by atoms with Crippen molar-refractivity contribution in [1.29, 1.82) is 0 Å². The molecule has 2 fully saturated rings. The Morgan fingerprint density at radius 2 is 2.09 bits per heavy atom. The van der Waals surface area contributed by atoms with E-state index in [9.17, 15) is 9.18 Å². The molecule has 1 saturated carbocycles. The summed E-state index contributed by atoms with van der Waals surface area (Å²) in [5.74, 6) is 1.81. The van der Waals surface area contributed by atoms with Gasteiger partial charge in [-0.05, 0) is 36.1 Å². The molecule has 176 valence electrons. The van der Waals surface area contributed by atoms with E-state index in [0.717, 1.165) is 13.2 Å². The van der Waals surface area contributed by atoms with Gasteiger partial charge in [0, 0.05) is 34.5 Å². The normalized spacial score (nSPS) is 21.0. The van der Waals surface area contributed by atoms with E-state index < -0.39 is 5.82 Å². The second-order valence-electron chi connectivity index (χ2n) is 8.23. The van der Waals surface area contributed by atoms with Crippen LogP contribution in [-0.4, -0.2) is 41.0 Å². The predicted molar refractivity (Wildman–Crippen MR) is 133 cm³/mol. The third-order valence-electron chi connectivity index (χ3n) is 6.10. The molecule has 3 atom stereocenters. The number of hydrogen-bond acceptors (Lipinski definition) is 6. The molecule has 10 heteroatoms. The van der Waals surface area contributed by atoms with Crippen LogP contribution in [-0.2, 0) is 9.53 Å². The number of allylic oxidation sites excluding steroid dienone is 1. The number of nitrogens with zero attached hydrogens (tertiary/aromatic N) is 2. The number of rotatable bonds is 8. The van der Waals surface area contributed by atoms with Crippen molar-refractivity contribution in [3.8, 4) is 5.75 Å². The highest BCUT2D eigenvalue weighted by molar-refractivity contribution is 9.09. The fourth-order valence-electron chi connectivity index (χ4n) is 4.23. The summed E-state index contributed by atoms with van der Waals surface area (Å²) < 4.78 is 25.2. The number of amides is 1. The minimum absolute atomic E-state index is 0.000761.